The smallest absolute Gasteiger partial charge is 0.140 e. The lowest BCUT2D eigenvalue weighted by atomic mass is 10.0. The third-order valence-electron chi connectivity index (χ3n) is 3.68. The van der Waals surface area contributed by atoms with E-state index in [4.69, 9.17) is 22.7 Å². The SMILES string of the molecule is Cc1ccnc(N(C)C(C)c2ccccc2Cl)c1C(=N)N. The van der Waals surface area contributed by atoms with Crippen molar-refractivity contribution in [1.82, 2.24) is 4.98 Å². The van der Waals surface area contributed by atoms with E-state index in [0.29, 0.717) is 16.4 Å². The van der Waals surface area contributed by atoms with E-state index in [9.17, 15) is 0 Å². The van der Waals surface area contributed by atoms with E-state index >= 15 is 0 Å². The van der Waals surface area contributed by atoms with Crippen molar-refractivity contribution in [1.29, 1.82) is 5.41 Å². The van der Waals surface area contributed by atoms with E-state index in [-0.39, 0.29) is 11.9 Å². The Labute approximate surface area is 130 Å². The molecule has 0 bridgehead atoms. The van der Waals surface area contributed by atoms with Gasteiger partial charge in [-0.15, -0.1) is 0 Å². The molecule has 21 heavy (non-hydrogen) atoms. The Balaban J connectivity index is 2.46. The van der Waals surface area contributed by atoms with E-state index in [2.05, 4.69) is 11.9 Å². The number of halogens is 1. The molecule has 0 saturated carbocycles. The number of amidine groups is 1. The van der Waals surface area contributed by atoms with Gasteiger partial charge in [0.15, 0.2) is 0 Å². The summed E-state index contributed by atoms with van der Waals surface area (Å²) in [4.78, 5) is 6.39. The number of hydrogen-bond donors (Lipinski definition) is 2. The molecule has 5 heteroatoms. The Morgan fingerprint density at radius 1 is 1.33 bits per heavy atom. The van der Waals surface area contributed by atoms with Crippen molar-refractivity contribution in [3.63, 3.8) is 0 Å². The second-order valence-electron chi connectivity index (χ2n) is 5.05. The summed E-state index contributed by atoms with van der Waals surface area (Å²) in [5.41, 5.74) is 8.33. The summed E-state index contributed by atoms with van der Waals surface area (Å²) in [6.07, 6.45) is 1.73. The standard InChI is InChI=1S/C16H19ClN4/c1-10-8-9-20-16(14(10)15(18)19)21(3)11(2)12-6-4-5-7-13(12)17/h4-9,11H,1-3H3,(H3,18,19). The molecule has 1 aromatic heterocycles. The number of hydrogen-bond acceptors (Lipinski definition) is 3. The maximum Gasteiger partial charge on any atom is 0.140 e. The molecule has 3 N–H and O–H groups in total. The monoisotopic (exact) mass is 302 g/mol. The number of aromatic nitrogens is 1. The first-order valence-corrected chi connectivity index (χ1v) is 7.08. The highest BCUT2D eigenvalue weighted by Crippen LogP contribution is 2.31. The van der Waals surface area contributed by atoms with Gasteiger partial charge in [0.05, 0.1) is 11.6 Å². The molecule has 2 aromatic rings. The molecule has 1 unspecified atom stereocenters. The molecule has 0 saturated heterocycles. The summed E-state index contributed by atoms with van der Waals surface area (Å²) in [6.45, 7) is 3.98. The van der Waals surface area contributed by atoms with Crippen molar-refractivity contribution in [2.45, 2.75) is 19.9 Å². The van der Waals surface area contributed by atoms with Crippen molar-refractivity contribution in [3.05, 3.63) is 58.2 Å². The number of aryl methyl sites for hydroxylation is 1. The molecule has 0 aliphatic rings. The number of benzene rings is 1. The molecule has 0 aliphatic heterocycles. The highest BCUT2D eigenvalue weighted by molar-refractivity contribution is 6.31. The highest BCUT2D eigenvalue weighted by atomic mass is 35.5. The maximum absolute atomic E-state index is 7.78. The van der Waals surface area contributed by atoms with Gasteiger partial charge in [-0.3, -0.25) is 5.41 Å². The van der Waals surface area contributed by atoms with Crippen LogP contribution in [0.1, 0.15) is 29.7 Å². The lowest BCUT2D eigenvalue weighted by molar-refractivity contribution is 0.727. The summed E-state index contributed by atoms with van der Waals surface area (Å²) in [5, 5.41) is 8.50. The minimum Gasteiger partial charge on any atom is -0.384 e. The van der Waals surface area contributed by atoms with Crippen LogP contribution in [-0.2, 0) is 0 Å². The zero-order valence-corrected chi connectivity index (χ0v) is 13.1. The summed E-state index contributed by atoms with van der Waals surface area (Å²) in [6, 6.07) is 9.61. The molecule has 0 amide bonds. The van der Waals surface area contributed by atoms with Crippen molar-refractivity contribution < 1.29 is 0 Å². The third kappa shape index (κ3) is 3.00. The molecule has 1 aromatic carbocycles. The van der Waals surface area contributed by atoms with Crippen LogP contribution in [0, 0.1) is 12.3 Å². The van der Waals surface area contributed by atoms with Crippen LogP contribution < -0.4 is 10.6 Å². The lowest BCUT2D eigenvalue weighted by Gasteiger charge is -2.29. The van der Waals surface area contributed by atoms with Gasteiger partial charge in [-0.2, -0.15) is 0 Å². The Kier molecular flexibility index (Phi) is 4.48. The van der Waals surface area contributed by atoms with Gasteiger partial charge in [-0.25, -0.2) is 4.98 Å². The maximum atomic E-state index is 7.78. The minimum atomic E-state index is 0.0195. The average molecular weight is 303 g/mol. The molecule has 1 heterocycles. The van der Waals surface area contributed by atoms with E-state index in [0.717, 1.165) is 11.1 Å². The van der Waals surface area contributed by atoms with Crippen LogP contribution >= 0.6 is 11.6 Å². The van der Waals surface area contributed by atoms with E-state index in [1.165, 1.54) is 0 Å². The number of nitrogens with one attached hydrogen (secondary N) is 1. The fourth-order valence-corrected chi connectivity index (χ4v) is 2.64. The summed E-state index contributed by atoms with van der Waals surface area (Å²) in [5.74, 6) is 0.712. The van der Waals surface area contributed by atoms with Gasteiger partial charge in [0.25, 0.3) is 0 Å². The van der Waals surface area contributed by atoms with Gasteiger partial charge < -0.3 is 10.6 Å². The second kappa shape index (κ2) is 6.14. The van der Waals surface area contributed by atoms with Gasteiger partial charge >= 0.3 is 0 Å². The summed E-state index contributed by atoms with van der Waals surface area (Å²) in [7, 11) is 1.93. The Morgan fingerprint density at radius 2 is 2.00 bits per heavy atom. The molecule has 0 aliphatic carbocycles. The van der Waals surface area contributed by atoms with E-state index < -0.39 is 0 Å². The quantitative estimate of drug-likeness (QED) is 0.671. The van der Waals surface area contributed by atoms with Gasteiger partial charge in [0.2, 0.25) is 0 Å². The van der Waals surface area contributed by atoms with Crippen LogP contribution in [0.2, 0.25) is 5.02 Å². The summed E-state index contributed by atoms with van der Waals surface area (Å²) >= 11 is 6.27. The Morgan fingerprint density at radius 3 is 2.62 bits per heavy atom. The Bertz CT molecular complexity index is 669. The average Bonchev–Trinajstić information content (AvgIpc) is 2.45. The molecule has 110 valence electrons. The van der Waals surface area contributed by atoms with Crippen molar-refractivity contribution in [2.24, 2.45) is 5.73 Å². The predicted molar refractivity (Wildman–Crippen MR) is 88.3 cm³/mol. The number of nitrogens with zero attached hydrogens (tertiary/aromatic N) is 2. The minimum absolute atomic E-state index is 0.0195. The Hall–Kier alpha value is -2.07. The van der Waals surface area contributed by atoms with E-state index in [1.807, 2.05) is 49.2 Å². The molecule has 4 nitrogen and oxygen atoms in total. The number of rotatable bonds is 4. The van der Waals surface area contributed by atoms with Crippen LogP contribution in [0.15, 0.2) is 36.5 Å². The molecule has 2 rings (SSSR count). The third-order valence-corrected chi connectivity index (χ3v) is 4.02. The topological polar surface area (TPSA) is 66.0 Å². The normalized spacial score (nSPS) is 12.0. The van der Waals surface area contributed by atoms with Crippen LogP contribution in [0.5, 0.6) is 0 Å². The molecular formula is C16H19ClN4. The van der Waals surface area contributed by atoms with Crippen molar-refractivity contribution >= 4 is 23.3 Å². The largest absolute Gasteiger partial charge is 0.384 e. The second-order valence-corrected chi connectivity index (χ2v) is 5.46. The number of anilines is 1. The van der Waals surface area contributed by atoms with Crippen LogP contribution in [0.3, 0.4) is 0 Å². The van der Waals surface area contributed by atoms with Crippen LogP contribution in [0.4, 0.5) is 5.82 Å². The van der Waals surface area contributed by atoms with Gasteiger partial charge in [0.1, 0.15) is 11.7 Å². The molecule has 0 radical (unpaired) electrons. The van der Waals surface area contributed by atoms with E-state index in [1.54, 1.807) is 6.20 Å². The zero-order chi connectivity index (χ0) is 15.6. The highest BCUT2D eigenvalue weighted by Gasteiger charge is 2.20. The first kappa shape index (κ1) is 15.3. The molecule has 0 fully saturated rings. The number of nitrogen functional groups attached to an aromatic ring is 1. The van der Waals surface area contributed by atoms with Crippen molar-refractivity contribution in [3.8, 4) is 0 Å². The first-order valence-electron chi connectivity index (χ1n) is 6.70. The first-order chi connectivity index (χ1) is 9.93. The van der Waals surface area contributed by atoms with Crippen molar-refractivity contribution in [2.75, 3.05) is 11.9 Å². The van der Waals surface area contributed by atoms with Crippen LogP contribution in [-0.4, -0.2) is 17.9 Å². The number of nitrogens with two attached hydrogens (primary N) is 1. The fraction of sp³-hybridized carbons (Fsp3) is 0.250. The number of pyridine rings is 1. The summed E-state index contributed by atoms with van der Waals surface area (Å²) < 4.78 is 0. The van der Waals surface area contributed by atoms with Gasteiger partial charge in [0, 0.05) is 18.3 Å². The molecule has 1 atom stereocenters. The fourth-order valence-electron chi connectivity index (χ4n) is 2.35. The predicted octanol–water partition coefficient (Wildman–Crippen LogP) is 3.52. The molecule has 0 spiro atoms. The zero-order valence-electron chi connectivity index (χ0n) is 12.4. The van der Waals surface area contributed by atoms with Gasteiger partial charge in [-0.1, -0.05) is 29.8 Å². The molecular weight excluding hydrogens is 284 g/mol. The van der Waals surface area contributed by atoms with Gasteiger partial charge in [-0.05, 0) is 37.1 Å². The van der Waals surface area contributed by atoms with Crippen LogP contribution in [0.25, 0.3) is 0 Å². The lowest BCUT2D eigenvalue weighted by Crippen LogP contribution is -2.27.